The van der Waals surface area contributed by atoms with E-state index in [1.54, 1.807) is 23.1 Å². The number of benzene rings is 1. The van der Waals surface area contributed by atoms with Gasteiger partial charge in [-0.1, -0.05) is 12.1 Å². The van der Waals surface area contributed by atoms with Crippen molar-refractivity contribution in [2.24, 2.45) is 0 Å². The van der Waals surface area contributed by atoms with Crippen LogP contribution in [0.2, 0.25) is 0 Å². The summed E-state index contributed by atoms with van der Waals surface area (Å²) >= 11 is 0. The van der Waals surface area contributed by atoms with Gasteiger partial charge >= 0.3 is 0 Å². The zero-order valence-electron chi connectivity index (χ0n) is 14.4. The van der Waals surface area contributed by atoms with Crippen LogP contribution in [-0.2, 0) is 13.1 Å². The van der Waals surface area contributed by atoms with E-state index in [0.717, 1.165) is 12.1 Å². The Hall–Kier alpha value is -2.99. The average Bonchev–Trinajstić information content (AvgIpc) is 3.02. The predicted molar refractivity (Wildman–Crippen MR) is 97.4 cm³/mol. The third kappa shape index (κ3) is 4.74. The molecule has 128 valence electrons. The number of pyridine rings is 1. The number of aromatic nitrogens is 3. The fourth-order valence-corrected chi connectivity index (χ4v) is 2.51. The van der Waals surface area contributed by atoms with Crippen LogP contribution < -0.4 is 5.32 Å². The van der Waals surface area contributed by atoms with Crippen molar-refractivity contribution in [2.75, 3.05) is 19.4 Å². The van der Waals surface area contributed by atoms with Gasteiger partial charge in [0.1, 0.15) is 0 Å². The molecule has 0 bridgehead atoms. The Labute approximate surface area is 147 Å². The predicted octanol–water partition coefficient (Wildman–Crippen LogP) is 2.64. The lowest BCUT2D eigenvalue weighted by Crippen LogP contribution is -2.14. The molecule has 0 unspecified atom stereocenters. The number of hydrogen-bond donors (Lipinski definition) is 1. The summed E-state index contributed by atoms with van der Waals surface area (Å²) in [7, 11) is 4.03. The summed E-state index contributed by atoms with van der Waals surface area (Å²) in [6.07, 6.45) is 5.35. The van der Waals surface area contributed by atoms with Gasteiger partial charge in [-0.25, -0.2) is 0 Å². The van der Waals surface area contributed by atoms with Gasteiger partial charge in [-0.05, 0) is 49.5 Å². The molecule has 6 nitrogen and oxygen atoms in total. The number of carbonyl (C=O) groups excluding carboxylic acids is 1. The van der Waals surface area contributed by atoms with Crippen molar-refractivity contribution in [3.05, 3.63) is 77.7 Å². The Morgan fingerprint density at radius 1 is 1.04 bits per heavy atom. The third-order valence-corrected chi connectivity index (χ3v) is 3.69. The summed E-state index contributed by atoms with van der Waals surface area (Å²) in [6.45, 7) is 1.49. The van der Waals surface area contributed by atoms with E-state index in [-0.39, 0.29) is 5.91 Å². The molecule has 25 heavy (non-hydrogen) atoms. The summed E-state index contributed by atoms with van der Waals surface area (Å²) in [6, 6.07) is 13.3. The molecule has 6 heteroatoms. The smallest absolute Gasteiger partial charge is 0.256 e. The normalized spacial score (nSPS) is 10.8. The zero-order chi connectivity index (χ0) is 17.6. The average molecular weight is 335 g/mol. The number of carbonyl (C=O) groups is 1. The summed E-state index contributed by atoms with van der Waals surface area (Å²) in [5.74, 6) is 0.377. The maximum atomic E-state index is 12.3. The maximum Gasteiger partial charge on any atom is 0.256 e. The molecule has 0 aliphatic heterocycles. The Kier molecular flexibility index (Phi) is 5.20. The molecule has 0 spiro atoms. The second kappa shape index (κ2) is 7.72. The van der Waals surface area contributed by atoms with Gasteiger partial charge in [0.2, 0.25) is 0 Å². The Balaban J connectivity index is 1.61. The van der Waals surface area contributed by atoms with Crippen molar-refractivity contribution in [3.63, 3.8) is 0 Å². The standard InChI is InChI=1S/C19H21N5O/c1-23(2)13-15-3-5-17(6-4-15)19(25)21-18-9-12-24(22-18)14-16-7-10-20-11-8-16/h3-12H,13-14H2,1-2H3,(H,21,22,25). The first kappa shape index (κ1) is 16.9. The molecule has 0 aliphatic carbocycles. The number of nitrogens with one attached hydrogen (secondary N) is 1. The van der Waals surface area contributed by atoms with Crippen molar-refractivity contribution >= 4 is 11.7 Å². The molecule has 0 fully saturated rings. The van der Waals surface area contributed by atoms with E-state index in [4.69, 9.17) is 0 Å². The van der Waals surface area contributed by atoms with Crippen LogP contribution >= 0.6 is 0 Å². The lowest BCUT2D eigenvalue weighted by molar-refractivity contribution is 0.102. The SMILES string of the molecule is CN(C)Cc1ccc(C(=O)Nc2ccn(Cc3ccncc3)n2)cc1. The third-order valence-electron chi connectivity index (χ3n) is 3.69. The molecule has 3 rings (SSSR count). The maximum absolute atomic E-state index is 12.3. The lowest BCUT2D eigenvalue weighted by Gasteiger charge is -2.10. The summed E-state index contributed by atoms with van der Waals surface area (Å²) in [5.41, 5.74) is 2.89. The van der Waals surface area contributed by atoms with Gasteiger partial charge in [0.05, 0.1) is 6.54 Å². The summed E-state index contributed by atoms with van der Waals surface area (Å²) in [5, 5.41) is 7.22. The molecule has 2 heterocycles. The highest BCUT2D eigenvalue weighted by Gasteiger charge is 2.08. The first-order valence-electron chi connectivity index (χ1n) is 8.07. The van der Waals surface area contributed by atoms with Crippen molar-refractivity contribution in [2.45, 2.75) is 13.1 Å². The van der Waals surface area contributed by atoms with E-state index in [1.165, 1.54) is 5.56 Å². The van der Waals surface area contributed by atoms with Crippen LogP contribution in [0, 0.1) is 0 Å². The second-order valence-electron chi connectivity index (χ2n) is 6.14. The number of nitrogens with zero attached hydrogens (tertiary/aromatic N) is 4. The van der Waals surface area contributed by atoms with Crippen LogP contribution in [0.1, 0.15) is 21.5 Å². The van der Waals surface area contributed by atoms with E-state index in [9.17, 15) is 4.79 Å². The minimum atomic E-state index is -0.162. The zero-order valence-corrected chi connectivity index (χ0v) is 14.4. The molecule has 0 atom stereocenters. The van der Waals surface area contributed by atoms with Gasteiger partial charge in [0.15, 0.2) is 5.82 Å². The highest BCUT2D eigenvalue weighted by atomic mass is 16.1. The molecule has 0 saturated heterocycles. The number of rotatable bonds is 6. The van der Waals surface area contributed by atoms with E-state index < -0.39 is 0 Å². The van der Waals surface area contributed by atoms with Crippen LogP contribution in [0.15, 0.2) is 61.1 Å². The molecule has 2 aromatic heterocycles. The Morgan fingerprint density at radius 2 is 1.76 bits per heavy atom. The van der Waals surface area contributed by atoms with Crippen LogP contribution in [0.4, 0.5) is 5.82 Å². The number of anilines is 1. The van der Waals surface area contributed by atoms with Gasteiger partial charge in [-0.2, -0.15) is 5.10 Å². The van der Waals surface area contributed by atoms with Crippen LogP contribution in [-0.4, -0.2) is 39.7 Å². The monoisotopic (exact) mass is 335 g/mol. The summed E-state index contributed by atoms with van der Waals surface area (Å²) in [4.78, 5) is 18.4. The molecule has 1 amide bonds. The Bertz CT molecular complexity index is 825. The molecule has 0 saturated carbocycles. The van der Waals surface area contributed by atoms with Crippen LogP contribution in [0.3, 0.4) is 0 Å². The van der Waals surface area contributed by atoms with Crippen LogP contribution in [0.5, 0.6) is 0 Å². The molecule has 1 N–H and O–H groups in total. The topological polar surface area (TPSA) is 63.1 Å². The van der Waals surface area contributed by atoms with E-state index in [1.807, 2.05) is 56.7 Å². The highest BCUT2D eigenvalue weighted by Crippen LogP contribution is 2.10. The largest absolute Gasteiger partial charge is 0.305 e. The van der Waals surface area contributed by atoms with Crippen LogP contribution in [0.25, 0.3) is 0 Å². The fourth-order valence-electron chi connectivity index (χ4n) is 2.51. The minimum Gasteiger partial charge on any atom is -0.305 e. The molecule has 3 aromatic rings. The molecule has 0 aliphatic rings. The second-order valence-corrected chi connectivity index (χ2v) is 6.14. The van der Waals surface area contributed by atoms with Gasteiger partial charge in [0, 0.05) is 36.8 Å². The molecule has 1 aromatic carbocycles. The molecular formula is C19H21N5O. The molecule has 0 radical (unpaired) electrons. The first-order chi connectivity index (χ1) is 12.1. The molecular weight excluding hydrogens is 314 g/mol. The van der Waals surface area contributed by atoms with E-state index in [2.05, 4.69) is 20.3 Å². The quantitative estimate of drug-likeness (QED) is 0.752. The fraction of sp³-hybridized carbons (Fsp3) is 0.211. The van der Waals surface area contributed by atoms with Gasteiger partial charge in [-0.3, -0.25) is 14.5 Å². The van der Waals surface area contributed by atoms with Gasteiger partial charge in [-0.15, -0.1) is 0 Å². The highest BCUT2D eigenvalue weighted by molar-refractivity contribution is 6.03. The number of amides is 1. The van der Waals surface area contributed by atoms with E-state index >= 15 is 0 Å². The van der Waals surface area contributed by atoms with E-state index in [0.29, 0.717) is 17.9 Å². The number of hydrogen-bond acceptors (Lipinski definition) is 4. The van der Waals surface area contributed by atoms with Crippen molar-refractivity contribution in [1.82, 2.24) is 19.7 Å². The first-order valence-corrected chi connectivity index (χ1v) is 8.07. The van der Waals surface area contributed by atoms with Crippen molar-refractivity contribution in [1.29, 1.82) is 0 Å². The lowest BCUT2D eigenvalue weighted by atomic mass is 10.1. The van der Waals surface area contributed by atoms with Crippen molar-refractivity contribution < 1.29 is 4.79 Å². The van der Waals surface area contributed by atoms with Crippen molar-refractivity contribution in [3.8, 4) is 0 Å². The van der Waals surface area contributed by atoms with Gasteiger partial charge < -0.3 is 10.2 Å². The summed E-state index contributed by atoms with van der Waals surface area (Å²) < 4.78 is 1.78. The van der Waals surface area contributed by atoms with Gasteiger partial charge in [0.25, 0.3) is 5.91 Å². The minimum absolute atomic E-state index is 0.162. The Morgan fingerprint density at radius 3 is 2.44 bits per heavy atom.